The Morgan fingerprint density at radius 3 is 2.43 bits per heavy atom. The highest BCUT2D eigenvalue weighted by Crippen LogP contribution is 2.30. The van der Waals surface area contributed by atoms with Crippen LogP contribution in [0.4, 0.5) is 0 Å². The van der Waals surface area contributed by atoms with Crippen molar-refractivity contribution in [2.45, 2.75) is 0 Å². The second-order valence-corrected chi connectivity index (χ2v) is 6.46. The Hall–Kier alpha value is 0.290. The lowest BCUT2D eigenvalue weighted by molar-refractivity contribution is 1.37. The van der Waals surface area contributed by atoms with Crippen LogP contribution in [0.2, 0.25) is 0 Å². The van der Waals surface area contributed by atoms with E-state index < -0.39 is 0 Å². The van der Waals surface area contributed by atoms with Crippen molar-refractivity contribution < 1.29 is 0 Å². The third-order valence-electron chi connectivity index (χ3n) is 1.69. The van der Waals surface area contributed by atoms with Crippen LogP contribution in [0.15, 0.2) is 36.4 Å². The van der Waals surface area contributed by atoms with Crippen molar-refractivity contribution in [2.75, 3.05) is 0 Å². The van der Waals surface area contributed by atoms with Crippen LogP contribution in [0.25, 0.3) is 11.3 Å². The quantitative estimate of drug-likeness (QED) is 0.652. The first kappa shape index (κ1) is 10.8. The minimum atomic E-state index is 0.909. The monoisotopic (exact) mass is 395 g/mol. The fraction of sp³-hybridized carbons (Fsp3) is 0. The van der Waals surface area contributed by atoms with E-state index in [4.69, 9.17) is 0 Å². The lowest BCUT2D eigenvalue weighted by Gasteiger charge is -1.99. The van der Waals surface area contributed by atoms with E-state index in [1.54, 1.807) is 11.3 Å². The number of benzene rings is 1. The number of aromatic nitrogens is 1. The van der Waals surface area contributed by atoms with Crippen molar-refractivity contribution in [2.24, 2.45) is 0 Å². The van der Waals surface area contributed by atoms with Gasteiger partial charge in [0.1, 0.15) is 0 Å². The first-order valence-corrected chi connectivity index (χ1v) is 6.99. The largest absolute Gasteiger partial charge is 0.229 e. The van der Waals surface area contributed by atoms with Gasteiger partial charge in [-0.2, -0.15) is 0 Å². The Bertz CT molecular complexity index is 467. The molecule has 0 atom stereocenters. The molecule has 0 spiro atoms. The molecule has 0 aliphatic carbocycles. The summed E-state index contributed by atoms with van der Waals surface area (Å²) >= 11 is 11.8. The minimum absolute atomic E-state index is 0.909. The van der Waals surface area contributed by atoms with Crippen LogP contribution in [0.1, 0.15) is 0 Å². The fourth-order valence-corrected chi connectivity index (χ4v) is 2.69. The number of rotatable bonds is 1. The Morgan fingerprint density at radius 1 is 1.07 bits per heavy atom. The molecule has 0 fully saturated rings. The van der Waals surface area contributed by atoms with Crippen LogP contribution in [-0.4, -0.2) is 4.98 Å². The number of nitrogens with zero attached hydrogens (tertiary/aromatic N) is 1. The summed E-state index contributed by atoms with van der Waals surface area (Å²) in [5.74, 6) is 0. The lowest BCUT2D eigenvalue weighted by atomic mass is 10.2. The molecule has 5 heteroatoms. The summed E-state index contributed by atoms with van der Waals surface area (Å²) in [6, 6.07) is 6.09. The van der Waals surface area contributed by atoms with E-state index in [0.717, 1.165) is 24.1 Å². The highest BCUT2D eigenvalue weighted by Gasteiger charge is 2.04. The number of hydrogen-bond acceptors (Lipinski definition) is 2. The van der Waals surface area contributed by atoms with Gasteiger partial charge >= 0.3 is 0 Å². The summed E-state index contributed by atoms with van der Waals surface area (Å²) in [7, 11) is 0. The van der Waals surface area contributed by atoms with Gasteiger partial charge in [0.05, 0.1) is 5.69 Å². The molecule has 1 heterocycles. The van der Waals surface area contributed by atoms with Gasteiger partial charge in [-0.15, -0.1) is 11.3 Å². The highest BCUT2D eigenvalue weighted by atomic mass is 79.9. The zero-order valence-corrected chi connectivity index (χ0v) is 12.4. The molecule has 0 unspecified atom stereocenters. The number of thiazole rings is 1. The van der Waals surface area contributed by atoms with E-state index in [2.05, 4.69) is 52.8 Å². The summed E-state index contributed by atoms with van der Waals surface area (Å²) < 4.78 is 3.00. The van der Waals surface area contributed by atoms with E-state index >= 15 is 0 Å². The summed E-state index contributed by atoms with van der Waals surface area (Å²) in [5.41, 5.74) is 2.11. The van der Waals surface area contributed by atoms with Gasteiger partial charge in [0.25, 0.3) is 0 Å². The molecular formula is C9H4Br3NS. The van der Waals surface area contributed by atoms with Crippen molar-refractivity contribution in [3.63, 3.8) is 0 Å². The molecule has 0 amide bonds. The predicted octanol–water partition coefficient (Wildman–Crippen LogP) is 5.10. The van der Waals surface area contributed by atoms with E-state index in [1.807, 2.05) is 23.6 Å². The van der Waals surface area contributed by atoms with E-state index in [1.165, 1.54) is 0 Å². The van der Waals surface area contributed by atoms with E-state index in [9.17, 15) is 0 Å². The molecule has 2 aromatic rings. The molecule has 1 aromatic heterocycles. The van der Waals surface area contributed by atoms with Crippen molar-refractivity contribution in [1.82, 2.24) is 4.98 Å². The van der Waals surface area contributed by atoms with Gasteiger partial charge in [-0.1, -0.05) is 6.07 Å². The summed E-state index contributed by atoms with van der Waals surface area (Å²) in [4.78, 5) is 4.35. The smallest absolute Gasteiger partial charge is 0.159 e. The summed E-state index contributed by atoms with van der Waals surface area (Å²) in [5, 5.41) is 2.03. The molecule has 1 aromatic carbocycles. The molecule has 0 N–H and O–H groups in total. The first-order chi connectivity index (χ1) is 6.66. The molecule has 0 aliphatic heterocycles. The molecule has 0 radical (unpaired) electrons. The molecule has 0 aliphatic rings. The number of hydrogen-bond donors (Lipinski definition) is 0. The molecule has 1 nitrogen and oxygen atoms in total. The van der Waals surface area contributed by atoms with Gasteiger partial charge in [0.15, 0.2) is 3.92 Å². The molecule has 0 saturated heterocycles. The molecule has 0 saturated carbocycles. The van der Waals surface area contributed by atoms with Gasteiger partial charge in [0.2, 0.25) is 0 Å². The average Bonchev–Trinajstić information content (AvgIpc) is 2.57. The minimum Gasteiger partial charge on any atom is -0.229 e. The predicted molar refractivity (Wildman–Crippen MR) is 70.7 cm³/mol. The second kappa shape index (κ2) is 4.43. The van der Waals surface area contributed by atoms with Gasteiger partial charge in [-0.3, -0.25) is 0 Å². The molecule has 0 bridgehead atoms. The average molecular weight is 398 g/mol. The van der Waals surface area contributed by atoms with Crippen LogP contribution < -0.4 is 0 Å². The van der Waals surface area contributed by atoms with Crippen LogP contribution in [0, 0.1) is 0 Å². The van der Waals surface area contributed by atoms with E-state index in [-0.39, 0.29) is 0 Å². The standard InChI is InChI=1S/C9H4Br3NS/c10-6-2-1-5(3-7(6)11)8-4-14-9(12)13-8/h1-4H. The lowest BCUT2D eigenvalue weighted by Crippen LogP contribution is -1.78. The van der Waals surface area contributed by atoms with E-state index in [0.29, 0.717) is 0 Å². The van der Waals surface area contributed by atoms with Crippen molar-refractivity contribution >= 4 is 59.1 Å². The maximum atomic E-state index is 4.35. The maximum Gasteiger partial charge on any atom is 0.159 e. The topological polar surface area (TPSA) is 12.9 Å². The normalized spacial score (nSPS) is 10.5. The highest BCUT2D eigenvalue weighted by molar-refractivity contribution is 9.13. The van der Waals surface area contributed by atoms with Crippen molar-refractivity contribution in [3.05, 3.63) is 36.4 Å². The summed E-state index contributed by atoms with van der Waals surface area (Å²) in [6.45, 7) is 0. The van der Waals surface area contributed by atoms with Crippen LogP contribution in [0.3, 0.4) is 0 Å². The van der Waals surface area contributed by atoms with Gasteiger partial charge < -0.3 is 0 Å². The third kappa shape index (κ3) is 2.27. The Kier molecular flexibility index (Phi) is 3.42. The summed E-state index contributed by atoms with van der Waals surface area (Å²) in [6.07, 6.45) is 0. The van der Waals surface area contributed by atoms with Crippen LogP contribution in [-0.2, 0) is 0 Å². The van der Waals surface area contributed by atoms with Crippen LogP contribution in [0.5, 0.6) is 0 Å². The van der Waals surface area contributed by atoms with Gasteiger partial charge in [-0.25, -0.2) is 4.98 Å². The Balaban J connectivity index is 2.47. The van der Waals surface area contributed by atoms with Crippen LogP contribution >= 0.6 is 59.1 Å². The second-order valence-electron chi connectivity index (χ2n) is 2.61. The zero-order chi connectivity index (χ0) is 10.1. The Labute approximate surface area is 111 Å². The fourth-order valence-electron chi connectivity index (χ4n) is 1.04. The molecule has 2 rings (SSSR count). The SMILES string of the molecule is Brc1nc(-c2ccc(Br)c(Br)c2)cs1. The Morgan fingerprint density at radius 2 is 1.86 bits per heavy atom. The molecule has 14 heavy (non-hydrogen) atoms. The zero-order valence-electron chi connectivity index (χ0n) is 6.80. The maximum absolute atomic E-state index is 4.35. The van der Waals surface area contributed by atoms with Gasteiger partial charge in [0, 0.05) is 19.9 Å². The molecular weight excluding hydrogens is 394 g/mol. The van der Waals surface area contributed by atoms with Gasteiger partial charge in [-0.05, 0) is 59.9 Å². The van der Waals surface area contributed by atoms with Crippen molar-refractivity contribution in [1.29, 1.82) is 0 Å². The van der Waals surface area contributed by atoms with Crippen molar-refractivity contribution in [3.8, 4) is 11.3 Å². The first-order valence-electron chi connectivity index (χ1n) is 3.73. The molecule has 72 valence electrons. The third-order valence-corrected chi connectivity index (χ3v) is 4.94. The number of halogens is 3.